The minimum Gasteiger partial charge on any atom is -0.320 e. The summed E-state index contributed by atoms with van der Waals surface area (Å²) in [5.74, 6) is -1.30. The fourth-order valence-electron chi connectivity index (χ4n) is 2.23. The van der Waals surface area contributed by atoms with Gasteiger partial charge in [-0.25, -0.2) is 8.78 Å². The minimum atomic E-state index is -0.881. The Morgan fingerprint density at radius 2 is 1.65 bits per heavy atom. The molecule has 3 rings (SSSR count). The van der Waals surface area contributed by atoms with E-state index in [0.717, 1.165) is 10.9 Å². The third-order valence-electron chi connectivity index (χ3n) is 3.28. The summed E-state index contributed by atoms with van der Waals surface area (Å²) in [6.45, 7) is 0. The Labute approximate surface area is 114 Å². The lowest BCUT2D eigenvalue weighted by molar-refractivity contribution is 0.543. The van der Waals surface area contributed by atoms with E-state index in [1.54, 1.807) is 12.3 Å². The number of aromatic nitrogens is 1. The normalized spacial score (nSPS) is 12.6. The number of fused-ring (bicyclic) bond motifs is 1. The van der Waals surface area contributed by atoms with Crippen LogP contribution in [0.1, 0.15) is 17.2 Å². The number of pyridine rings is 1. The first-order chi connectivity index (χ1) is 9.66. The van der Waals surface area contributed by atoms with E-state index in [1.807, 2.05) is 24.3 Å². The highest BCUT2D eigenvalue weighted by atomic mass is 19.1. The Morgan fingerprint density at radius 3 is 2.40 bits per heavy atom. The van der Waals surface area contributed by atoms with E-state index in [-0.39, 0.29) is 5.56 Å². The summed E-state index contributed by atoms with van der Waals surface area (Å²) in [6, 6.07) is 12.2. The van der Waals surface area contributed by atoms with Crippen LogP contribution in [-0.2, 0) is 0 Å². The molecule has 0 saturated carbocycles. The molecule has 0 radical (unpaired) electrons. The number of hydrogen-bond acceptors (Lipinski definition) is 2. The van der Waals surface area contributed by atoms with Gasteiger partial charge >= 0.3 is 0 Å². The van der Waals surface area contributed by atoms with E-state index < -0.39 is 17.7 Å². The molecule has 3 aromatic rings. The van der Waals surface area contributed by atoms with Gasteiger partial charge in [-0.1, -0.05) is 24.3 Å². The van der Waals surface area contributed by atoms with Crippen LogP contribution in [0.15, 0.2) is 54.7 Å². The quantitative estimate of drug-likeness (QED) is 0.773. The summed E-state index contributed by atoms with van der Waals surface area (Å²) < 4.78 is 27.5. The maximum atomic E-state index is 13.8. The van der Waals surface area contributed by atoms with Crippen LogP contribution in [0.4, 0.5) is 8.78 Å². The van der Waals surface area contributed by atoms with Crippen molar-refractivity contribution in [3.63, 3.8) is 0 Å². The minimum absolute atomic E-state index is 0.135. The predicted octanol–water partition coefficient (Wildman–Crippen LogP) is 3.56. The van der Waals surface area contributed by atoms with Crippen LogP contribution >= 0.6 is 0 Å². The first kappa shape index (κ1) is 12.7. The molecule has 2 N–H and O–H groups in total. The molecule has 1 unspecified atom stereocenters. The van der Waals surface area contributed by atoms with Crippen LogP contribution in [0, 0.1) is 11.6 Å². The van der Waals surface area contributed by atoms with Crippen LogP contribution in [0.25, 0.3) is 10.9 Å². The highest BCUT2D eigenvalue weighted by Crippen LogP contribution is 2.26. The first-order valence-corrected chi connectivity index (χ1v) is 6.21. The number of hydrogen-bond donors (Lipinski definition) is 1. The second kappa shape index (κ2) is 4.98. The summed E-state index contributed by atoms with van der Waals surface area (Å²) in [5, 5.41) is 0.886. The SMILES string of the molecule is NC(c1cnc2ccccc2c1)c1c(F)cccc1F. The third kappa shape index (κ3) is 2.14. The highest BCUT2D eigenvalue weighted by Gasteiger charge is 2.18. The molecule has 1 aromatic heterocycles. The average molecular weight is 270 g/mol. The lowest BCUT2D eigenvalue weighted by Gasteiger charge is -2.14. The maximum Gasteiger partial charge on any atom is 0.131 e. The van der Waals surface area contributed by atoms with Crippen LogP contribution in [-0.4, -0.2) is 4.98 Å². The molecule has 4 heteroatoms. The molecular formula is C16H12F2N2. The largest absolute Gasteiger partial charge is 0.320 e. The van der Waals surface area contributed by atoms with Gasteiger partial charge in [-0.05, 0) is 29.8 Å². The van der Waals surface area contributed by atoms with Crippen molar-refractivity contribution in [1.82, 2.24) is 4.98 Å². The lowest BCUT2D eigenvalue weighted by atomic mass is 9.99. The molecule has 0 amide bonds. The van der Waals surface area contributed by atoms with Gasteiger partial charge in [0.1, 0.15) is 11.6 Å². The van der Waals surface area contributed by atoms with Gasteiger partial charge in [0.15, 0.2) is 0 Å². The standard InChI is InChI=1S/C16H12F2N2/c17-12-5-3-6-13(18)15(12)16(19)11-8-10-4-1-2-7-14(10)20-9-11/h1-9,16H,19H2. The number of halogens is 2. The summed E-state index contributed by atoms with van der Waals surface area (Å²) in [5.41, 5.74) is 7.25. The summed E-state index contributed by atoms with van der Waals surface area (Å²) >= 11 is 0. The molecule has 2 aromatic carbocycles. The second-order valence-electron chi connectivity index (χ2n) is 4.57. The van der Waals surface area contributed by atoms with E-state index in [9.17, 15) is 8.78 Å². The predicted molar refractivity (Wildman–Crippen MR) is 74.1 cm³/mol. The van der Waals surface area contributed by atoms with Crippen molar-refractivity contribution in [2.24, 2.45) is 5.73 Å². The zero-order valence-corrected chi connectivity index (χ0v) is 10.6. The van der Waals surface area contributed by atoms with Crippen LogP contribution < -0.4 is 5.73 Å². The van der Waals surface area contributed by atoms with Crippen molar-refractivity contribution in [2.75, 3.05) is 0 Å². The molecule has 0 fully saturated rings. The number of nitrogens with zero attached hydrogens (tertiary/aromatic N) is 1. The fourth-order valence-corrected chi connectivity index (χ4v) is 2.23. The zero-order valence-electron chi connectivity index (χ0n) is 10.6. The van der Waals surface area contributed by atoms with Gasteiger partial charge in [0, 0.05) is 17.1 Å². The number of para-hydroxylation sites is 1. The molecule has 1 atom stereocenters. The second-order valence-corrected chi connectivity index (χ2v) is 4.57. The van der Waals surface area contributed by atoms with Crippen molar-refractivity contribution in [2.45, 2.75) is 6.04 Å². The Hall–Kier alpha value is -2.33. The maximum absolute atomic E-state index is 13.8. The number of nitrogens with two attached hydrogens (primary N) is 1. The molecule has 0 saturated heterocycles. The smallest absolute Gasteiger partial charge is 0.131 e. The van der Waals surface area contributed by atoms with Gasteiger partial charge < -0.3 is 5.73 Å². The topological polar surface area (TPSA) is 38.9 Å². The number of rotatable bonds is 2. The van der Waals surface area contributed by atoms with Gasteiger partial charge in [-0.2, -0.15) is 0 Å². The first-order valence-electron chi connectivity index (χ1n) is 6.21. The molecule has 100 valence electrons. The van der Waals surface area contributed by atoms with Gasteiger partial charge in [0.2, 0.25) is 0 Å². The molecule has 2 nitrogen and oxygen atoms in total. The van der Waals surface area contributed by atoms with E-state index in [2.05, 4.69) is 4.98 Å². The summed E-state index contributed by atoms with van der Waals surface area (Å²) in [4.78, 5) is 4.26. The summed E-state index contributed by atoms with van der Waals surface area (Å²) in [7, 11) is 0. The highest BCUT2D eigenvalue weighted by molar-refractivity contribution is 5.78. The van der Waals surface area contributed by atoms with Crippen molar-refractivity contribution in [3.8, 4) is 0 Å². The van der Waals surface area contributed by atoms with E-state index in [0.29, 0.717) is 5.56 Å². The third-order valence-corrected chi connectivity index (χ3v) is 3.28. The van der Waals surface area contributed by atoms with Crippen LogP contribution in [0.2, 0.25) is 0 Å². The van der Waals surface area contributed by atoms with Gasteiger partial charge in [-0.15, -0.1) is 0 Å². The van der Waals surface area contributed by atoms with Crippen LogP contribution in [0.5, 0.6) is 0 Å². The van der Waals surface area contributed by atoms with E-state index >= 15 is 0 Å². The fraction of sp³-hybridized carbons (Fsp3) is 0.0625. The average Bonchev–Trinajstić information content (AvgIpc) is 2.46. The zero-order chi connectivity index (χ0) is 14.1. The van der Waals surface area contributed by atoms with Crippen molar-refractivity contribution >= 4 is 10.9 Å². The monoisotopic (exact) mass is 270 g/mol. The Balaban J connectivity index is 2.10. The van der Waals surface area contributed by atoms with E-state index in [4.69, 9.17) is 5.73 Å². The van der Waals surface area contributed by atoms with Gasteiger partial charge in [0.25, 0.3) is 0 Å². The van der Waals surface area contributed by atoms with Gasteiger partial charge in [0.05, 0.1) is 11.6 Å². The van der Waals surface area contributed by atoms with Crippen molar-refractivity contribution in [3.05, 3.63) is 77.5 Å². The Kier molecular flexibility index (Phi) is 3.16. The summed E-state index contributed by atoms with van der Waals surface area (Å²) in [6.07, 6.45) is 1.55. The number of benzene rings is 2. The van der Waals surface area contributed by atoms with E-state index in [1.165, 1.54) is 18.2 Å². The molecular weight excluding hydrogens is 258 g/mol. The molecule has 0 aliphatic carbocycles. The van der Waals surface area contributed by atoms with Crippen LogP contribution in [0.3, 0.4) is 0 Å². The molecule has 0 spiro atoms. The van der Waals surface area contributed by atoms with Gasteiger partial charge in [-0.3, -0.25) is 4.98 Å². The van der Waals surface area contributed by atoms with Crippen molar-refractivity contribution < 1.29 is 8.78 Å². The molecule has 20 heavy (non-hydrogen) atoms. The molecule has 0 bridgehead atoms. The molecule has 0 aliphatic heterocycles. The molecule has 0 aliphatic rings. The Morgan fingerprint density at radius 1 is 0.950 bits per heavy atom. The van der Waals surface area contributed by atoms with Crippen molar-refractivity contribution in [1.29, 1.82) is 0 Å². The lowest BCUT2D eigenvalue weighted by Crippen LogP contribution is -2.15. The Bertz CT molecular complexity index is 751. The molecule has 1 heterocycles.